The minimum Gasteiger partial charge on any atom is -0.493 e. The zero-order chi connectivity index (χ0) is 95.5. The fourth-order valence-corrected chi connectivity index (χ4v) is 20.4. The van der Waals surface area contributed by atoms with Gasteiger partial charge in [0, 0.05) is 160 Å². The van der Waals surface area contributed by atoms with Crippen molar-refractivity contribution in [2.45, 2.75) is 261 Å². The number of likely N-dealkylation sites (tertiary alicyclic amines) is 4. The Balaban J connectivity index is 0.000000152. The molecule has 23 nitrogen and oxygen atoms in total. The molecule has 16 rings (SSSR count). The van der Waals surface area contributed by atoms with Crippen LogP contribution < -0.4 is 18.9 Å². The van der Waals surface area contributed by atoms with Crippen LogP contribution in [0.3, 0.4) is 0 Å². The van der Waals surface area contributed by atoms with E-state index in [1.54, 1.807) is 34.1 Å². The van der Waals surface area contributed by atoms with Crippen molar-refractivity contribution in [3.63, 3.8) is 0 Å². The monoisotopic (exact) mass is 1850 g/mol. The molecule has 8 fully saturated rings. The second-order valence-corrected chi connectivity index (χ2v) is 38.5. The third-order valence-corrected chi connectivity index (χ3v) is 27.7. The standard InChI is InChI=1S/C29H39NO5.C28H37NO5.C28H37NO4.C27H35NO5/c1-5-33-24-18-26(22-9-7-6-8-10-22)35-29(19-24)13-15-30(16-14-29)27(31)23-11-12-25(21(2)17-23)34-20-28(3,4)32;1-4-17-33-24-12-11-22(18-26(24)31-3)27(30)29-15-13-28(14-16-29)20-23(32-5-2)19-25(34-28)21-9-7-6-8-10-21;1-4-32-24-18-25(21-8-6-5-7-9-21)33-28(19-24)14-16-29(17-15-28)27(31)23-12-10-22(11-13-23)26(30)20(2)3;1-3-31-24-19-25(21-7-5-4-6-8-21)33-27(20-24)13-15-28(16-14-27)26(29)22-9-11-23(12-10-22)32-18-17-30-2/h6-12,17,24,26,32H,5,13-16,18-20H2,1-4H3;6-12,18,23,25H,4-5,13-17,19-20H2,1-3H3;5-13,20,24-26,30H,4,14-19H2,1-3H3;4-12,24-25H,3,13-20H2,1-2H3. The van der Waals surface area contributed by atoms with E-state index >= 15 is 0 Å². The normalized spacial score (nSPS) is 22.5. The largest absolute Gasteiger partial charge is 0.493 e. The number of aliphatic hydroxyl groups excluding tert-OH is 1. The fourth-order valence-electron chi connectivity index (χ4n) is 20.4. The molecule has 0 aromatic heterocycles. The highest BCUT2D eigenvalue weighted by Crippen LogP contribution is 2.50. The molecule has 8 aliphatic rings. The van der Waals surface area contributed by atoms with Gasteiger partial charge in [-0.05, 0) is 218 Å². The second-order valence-electron chi connectivity index (χ2n) is 38.5. The number of hydrogen-bond acceptors (Lipinski definition) is 19. The van der Waals surface area contributed by atoms with Gasteiger partial charge in [0.1, 0.15) is 24.7 Å². The molecule has 23 heteroatoms. The molecular weight excluding hydrogens is 1710 g/mol. The van der Waals surface area contributed by atoms with Crippen molar-refractivity contribution >= 4 is 23.6 Å². The zero-order valence-corrected chi connectivity index (χ0v) is 81.9. The van der Waals surface area contributed by atoms with Crippen molar-refractivity contribution in [3.8, 4) is 23.0 Å². The predicted molar refractivity (Wildman–Crippen MR) is 523 cm³/mol. The van der Waals surface area contributed by atoms with Gasteiger partial charge in [-0.2, -0.15) is 0 Å². The first-order valence-corrected chi connectivity index (χ1v) is 49.6. The smallest absolute Gasteiger partial charge is 0.253 e. The molecule has 0 saturated carbocycles. The van der Waals surface area contributed by atoms with E-state index in [-0.39, 0.29) is 107 Å². The van der Waals surface area contributed by atoms with E-state index in [9.17, 15) is 29.4 Å². The Morgan fingerprint density at radius 2 is 0.711 bits per heavy atom. The summed E-state index contributed by atoms with van der Waals surface area (Å²) in [6, 6.07) is 67.3. The molecule has 8 aromatic rings. The van der Waals surface area contributed by atoms with Gasteiger partial charge in [-0.3, -0.25) is 19.2 Å². The summed E-state index contributed by atoms with van der Waals surface area (Å²) in [7, 11) is 3.25. The van der Waals surface area contributed by atoms with Crippen LogP contribution in [0.2, 0.25) is 0 Å². The number of carbonyl (C=O) groups excluding carboxylic acids is 4. The van der Waals surface area contributed by atoms with Crippen LogP contribution in [0.15, 0.2) is 206 Å². The topological polar surface area (TPSA) is 242 Å². The van der Waals surface area contributed by atoms with E-state index in [1.165, 1.54) is 22.3 Å². The van der Waals surface area contributed by atoms with Crippen LogP contribution in [0.1, 0.15) is 277 Å². The maximum Gasteiger partial charge on any atom is 0.253 e. The summed E-state index contributed by atoms with van der Waals surface area (Å²) in [4.78, 5) is 60.5. The highest BCUT2D eigenvalue weighted by atomic mass is 16.6. The van der Waals surface area contributed by atoms with Gasteiger partial charge in [-0.1, -0.05) is 154 Å². The van der Waals surface area contributed by atoms with Crippen LogP contribution in [0.4, 0.5) is 0 Å². The van der Waals surface area contributed by atoms with Gasteiger partial charge >= 0.3 is 0 Å². The third-order valence-electron chi connectivity index (χ3n) is 27.7. The van der Waals surface area contributed by atoms with E-state index in [0.717, 1.165) is 126 Å². The van der Waals surface area contributed by atoms with Crippen LogP contribution in [0.25, 0.3) is 0 Å². The molecule has 8 heterocycles. The minimum atomic E-state index is -0.910. The Labute approximate surface area is 801 Å². The maximum absolute atomic E-state index is 13.3. The molecule has 8 aliphatic heterocycles. The molecule has 2 N–H and O–H groups in total. The van der Waals surface area contributed by atoms with Crippen LogP contribution in [-0.2, 0) is 42.6 Å². The van der Waals surface area contributed by atoms with E-state index < -0.39 is 11.7 Å². The summed E-state index contributed by atoms with van der Waals surface area (Å²) in [5, 5.41) is 20.2. The number of methoxy groups -OCH3 is 2. The summed E-state index contributed by atoms with van der Waals surface area (Å²) in [6.07, 6.45) is 14.7. The van der Waals surface area contributed by atoms with E-state index in [1.807, 2.05) is 164 Å². The number of amides is 4. The summed E-state index contributed by atoms with van der Waals surface area (Å²) in [5.74, 6) is 2.99. The Morgan fingerprint density at radius 3 is 1.01 bits per heavy atom. The first kappa shape index (κ1) is 103. The van der Waals surface area contributed by atoms with E-state index in [2.05, 4.69) is 111 Å². The van der Waals surface area contributed by atoms with Crippen LogP contribution in [0.5, 0.6) is 23.0 Å². The molecular formula is C112H148N4O19. The molecule has 8 aromatic carbocycles. The summed E-state index contributed by atoms with van der Waals surface area (Å²) in [5.41, 5.74) is 7.23. The predicted octanol–water partition coefficient (Wildman–Crippen LogP) is 20.4. The van der Waals surface area contributed by atoms with Crippen molar-refractivity contribution in [2.24, 2.45) is 5.92 Å². The number of nitrogens with zero attached hydrogens (tertiary/aromatic N) is 4. The second kappa shape index (κ2) is 49.1. The van der Waals surface area contributed by atoms with Crippen molar-refractivity contribution in [1.82, 2.24) is 19.6 Å². The summed E-state index contributed by atoms with van der Waals surface area (Å²) < 4.78 is 78.8. The van der Waals surface area contributed by atoms with E-state index in [0.29, 0.717) is 138 Å². The molecule has 4 spiro atoms. The quantitative estimate of drug-likeness (QED) is 0.0414. The molecule has 135 heavy (non-hydrogen) atoms. The molecule has 9 unspecified atom stereocenters. The minimum absolute atomic E-state index is 0.0165. The molecule has 0 bridgehead atoms. The van der Waals surface area contributed by atoms with Crippen LogP contribution in [0, 0.1) is 12.8 Å². The van der Waals surface area contributed by atoms with Gasteiger partial charge in [0.05, 0.1) is 103 Å². The number of benzene rings is 8. The first-order valence-electron chi connectivity index (χ1n) is 49.6. The van der Waals surface area contributed by atoms with Crippen molar-refractivity contribution < 1.29 is 91.0 Å². The van der Waals surface area contributed by atoms with Crippen molar-refractivity contribution in [2.75, 3.05) is 119 Å². The lowest BCUT2D eigenvalue weighted by atomic mass is 9.80. The summed E-state index contributed by atoms with van der Waals surface area (Å²) >= 11 is 0. The lowest BCUT2D eigenvalue weighted by Gasteiger charge is -2.48. The average molecular weight is 1850 g/mol. The van der Waals surface area contributed by atoms with Crippen molar-refractivity contribution in [1.29, 1.82) is 0 Å². The van der Waals surface area contributed by atoms with Crippen LogP contribution >= 0.6 is 0 Å². The van der Waals surface area contributed by atoms with Gasteiger partial charge in [0.25, 0.3) is 23.6 Å². The number of carbonyl (C=O) groups is 4. The van der Waals surface area contributed by atoms with Crippen LogP contribution in [-0.4, -0.2) is 225 Å². The van der Waals surface area contributed by atoms with Gasteiger partial charge in [-0.15, -0.1) is 0 Å². The zero-order valence-electron chi connectivity index (χ0n) is 81.9. The number of aryl methyl sites for hydroxylation is 1. The number of ether oxygens (including phenoxy) is 13. The number of rotatable bonds is 29. The average Bonchev–Trinajstić information content (AvgIpc) is 0.786. The first-order chi connectivity index (χ1) is 65.3. The number of piperidine rings is 4. The van der Waals surface area contributed by atoms with Crippen molar-refractivity contribution in [3.05, 3.63) is 262 Å². The molecule has 0 radical (unpaired) electrons. The fraction of sp³-hybridized carbons (Fsp3) is 0.536. The third kappa shape index (κ3) is 28.1. The Morgan fingerprint density at radius 1 is 0.393 bits per heavy atom. The molecule has 4 amide bonds. The number of aliphatic hydroxyl groups is 2. The SMILES string of the molecule is CCCOc1ccc(C(=O)N2CCC3(CC2)CC(OCC)CC(c2ccccc2)O3)cc1OC.CCOC1CC(c2ccccc2)OC2(CCN(C(=O)c3ccc(C(O)C(C)C)cc3)CC2)C1.CCOC1CC(c2ccccc2)OC2(CCN(C(=O)c3ccc(OCC(C)(C)O)c(C)c3)CC2)C1.CCOC1CC(c2ccccc2)OC2(CCN(C(=O)c3ccc(OCCOC)cc3)CC2)C1. The Hall–Kier alpha value is -9.60. The Bertz CT molecular complexity index is 4950. The van der Waals surface area contributed by atoms with E-state index in [4.69, 9.17) is 61.6 Å². The summed E-state index contributed by atoms with van der Waals surface area (Å²) in [6.45, 7) is 29.6. The maximum atomic E-state index is 13.3. The lowest BCUT2D eigenvalue weighted by molar-refractivity contribution is -0.191. The van der Waals surface area contributed by atoms with Gasteiger partial charge in [0.2, 0.25) is 0 Å². The highest BCUT2D eigenvalue weighted by molar-refractivity contribution is 5.96. The Kier molecular flexibility index (Phi) is 37.4. The highest BCUT2D eigenvalue weighted by Gasteiger charge is 2.50. The van der Waals surface area contributed by atoms with Gasteiger partial charge in [-0.25, -0.2) is 0 Å². The van der Waals surface area contributed by atoms with Gasteiger partial charge < -0.3 is 91.4 Å². The lowest BCUT2D eigenvalue weighted by Crippen LogP contribution is -2.52. The molecule has 9 atom stereocenters. The van der Waals surface area contributed by atoms with Gasteiger partial charge in [0.15, 0.2) is 11.5 Å². The number of hydrogen-bond donors (Lipinski definition) is 2. The molecule has 8 saturated heterocycles. The molecule has 730 valence electrons. The molecule has 0 aliphatic carbocycles.